The highest BCUT2D eigenvalue weighted by atomic mass is 16.5. The van der Waals surface area contributed by atoms with E-state index < -0.39 is 12.1 Å². The van der Waals surface area contributed by atoms with Gasteiger partial charge in [0.2, 0.25) is 5.91 Å². The fourth-order valence-corrected chi connectivity index (χ4v) is 1.79. The van der Waals surface area contributed by atoms with Crippen LogP contribution in [0.2, 0.25) is 0 Å². The van der Waals surface area contributed by atoms with E-state index in [1.165, 1.54) is 0 Å². The predicted molar refractivity (Wildman–Crippen MR) is 69.4 cm³/mol. The number of carbonyl (C=O) groups excluding carboxylic acids is 2. The lowest BCUT2D eigenvalue weighted by Crippen LogP contribution is -2.56. The van der Waals surface area contributed by atoms with Gasteiger partial charge in [-0.3, -0.25) is 10.1 Å². The van der Waals surface area contributed by atoms with Gasteiger partial charge in [0.15, 0.2) is 0 Å². The van der Waals surface area contributed by atoms with Gasteiger partial charge in [-0.2, -0.15) is 0 Å². The van der Waals surface area contributed by atoms with Crippen LogP contribution in [0, 0.1) is 0 Å². The summed E-state index contributed by atoms with van der Waals surface area (Å²) in [4.78, 5) is 23.2. The largest absolute Gasteiger partial charge is 0.444 e. The number of hydrogen-bond acceptors (Lipinski definition) is 5. The highest BCUT2D eigenvalue weighted by Gasteiger charge is 2.22. The predicted octanol–water partition coefficient (Wildman–Crippen LogP) is 0.000800. The van der Waals surface area contributed by atoms with Gasteiger partial charge < -0.3 is 15.4 Å². The van der Waals surface area contributed by atoms with Crippen molar-refractivity contribution in [2.24, 2.45) is 0 Å². The molecule has 1 fully saturated rings. The van der Waals surface area contributed by atoms with Crippen LogP contribution < -0.4 is 16.0 Å². The standard InChI is InChI=1S/C13H17N3O3/c17-12(11-8-14-6-7-15-11)16-13(18)19-9-10-4-2-1-3-5-10/h1-5,11,14-15H,6-9H2,(H,16,17,18). The number of imide groups is 1. The van der Waals surface area contributed by atoms with Crippen LogP contribution in [-0.4, -0.2) is 37.7 Å². The van der Waals surface area contributed by atoms with Gasteiger partial charge in [0.1, 0.15) is 6.61 Å². The van der Waals surface area contributed by atoms with Crippen molar-refractivity contribution in [2.75, 3.05) is 19.6 Å². The van der Waals surface area contributed by atoms with E-state index in [2.05, 4.69) is 16.0 Å². The fourth-order valence-electron chi connectivity index (χ4n) is 1.79. The molecule has 0 bridgehead atoms. The minimum absolute atomic E-state index is 0.149. The lowest BCUT2D eigenvalue weighted by molar-refractivity contribution is -0.122. The van der Waals surface area contributed by atoms with Crippen molar-refractivity contribution in [3.63, 3.8) is 0 Å². The Morgan fingerprint density at radius 3 is 2.74 bits per heavy atom. The van der Waals surface area contributed by atoms with E-state index in [4.69, 9.17) is 4.74 Å². The number of ether oxygens (including phenoxy) is 1. The maximum absolute atomic E-state index is 11.7. The van der Waals surface area contributed by atoms with Crippen molar-refractivity contribution in [3.8, 4) is 0 Å². The first kappa shape index (κ1) is 13.5. The maximum Gasteiger partial charge on any atom is 0.414 e. The van der Waals surface area contributed by atoms with Gasteiger partial charge in [0.05, 0.1) is 6.04 Å². The van der Waals surface area contributed by atoms with Crippen LogP contribution in [0.25, 0.3) is 0 Å². The summed E-state index contributed by atoms with van der Waals surface area (Å²) < 4.78 is 4.97. The molecule has 1 heterocycles. The summed E-state index contributed by atoms with van der Waals surface area (Å²) in [6, 6.07) is 8.91. The lowest BCUT2D eigenvalue weighted by Gasteiger charge is -2.22. The number of nitrogens with one attached hydrogen (secondary N) is 3. The van der Waals surface area contributed by atoms with Crippen LogP contribution >= 0.6 is 0 Å². The first-order valence-electron chi connectivity index (χ1n) is 6.21. The zero-order chi connectivity index (χ0) is 13.5. The molecule has 1 unspecified atom stereocenters. The Morgan fingerprint density at radius 1 is 1.26 bits per heavy atom. The molecule has 0 aromatic heterocycles. The smallest absolute Gasteiger partial charge is 0.414 e. The van der Waals surface area contributed by atoms with Gasteiger partial charge in [-0.05, 0) is 5.56 Å². The van der Waals surface area contributed by atoms with Gasteiger partial charge in [-0.15, -0.1) is 0 Å². The Hall–Kier alpha value is -1.92. The Labute approximate surface area is 111 Å². The number of amides is 2. The summed E-state index contributed by atoms with van der Waals surface area (Å²) >= 11 is 0. The number of carbonyl (C=O) groups is 2. The molecule has 3 N–H and O–H groups in total. The molecule has 2 rings (SSSR count). The van der Waals surface area contributed by atoms with Crippen molar-refractivity contribution in [2.45, 2.75) is 12.6 Å². The van der Waals surface area contributed by atoms with Crippen LogP contribution in [-0.2, 0) is 16.1 Å². The highest BCUT2D eigenvalue weighted by molar-refractivity contribution is 5.95. The summed E-state index contributed by atoms with van der Waals surface area (Å²) in [5.41, 5.74) is 0.877. The van der Waals surface area contributed by atoms with E-state index in [1.54, 1.807) is 0 Å². The Morgan fingerprint density at radius 2 is 2.05 bits per heavy atom. The SMILES string of the molecule is O=C(NC(=O)C1CNCCN1)OCc1ccccc1. The van der Waals surface area contributed by atoms with E-state index in [9.17, 15) is 9.59 Å². The molecule has 1 aromatic rings. The first-order chi connectivity index (χ1) is 9.25. The van der Waals surface area contributed by atoms with Crippen LogP contribution in [0.3, 0.4) is 0 Å². The van der Waals surface area contributed by atoms with E-state index >= 15 is 0 Å². The Bertz CT molecular complexity index is 430. The van der Waals surface area contributed by atoms with Gasteiger partial charge in [-0.1, -0.05) is 30.3 Å². The quantitative estimate of drug-likeness (QED) is 0.715. The van der Waals surface area contributed by atoms with E-state index in [0.29, 0.717) is 13.1 Å². The second-order valence-electron chi connectivity index (χ2n) is 4.26. The highest BCUT2D eigenvalue weighted by Crippen LogP contribution is 2.00. The Balaban J connectivity index is 1.73. The number of alkyl carbamates (subject to hydrolysis) is 1. The van der Waals surface area contributed by atoms with Crippen LogP contribution in [0.1, 0.15) is 5.56 Å². The van der Waals surface area contributed by atoms with Crippen LogP contribution in [0.5, 0.6) is 0 Å². The second-order valence-corrected chi connectivity index (χ2v) is 4.26. The van der Waals surface area contributed by atoms with Crippen molar-refractivity contribution >= 4 is 12.0 Å². The van der Waals surface area contributed by atoms with Gasteiger partial charge in [0, 0.05) is 19.6 Å². The van der Waals surface area contributed by atoms with Gasteiger partial charge >= 0.3 is 6.09 Å². The van der Waals surface area contributed by atoms with E-state index in [-0.39, 0.29) is 12.5 Å². The molecule has 6 heteroatoms. The number of hydrogen-bond donors (Lipinski definition) is 3. The Kier molecular flexibility index (Phi) is 4.88. The second kappa shape index (κ2) is 6.86. The molecule has 0 radical (unpaired) electrons. The number of rotatable bonds is 3. The summed E-state index contributed by atoms with van der Waals surface area (Å²) in [5, 5.41) is 8.30. The summed E-state index contributed by atoms with van der Waals surface area (Å²) in [5.74, 6) is -0.370. The van der Waals surface area contributed by atoms with Crippen molar-refractivity contribution in [3.05, 3.63) is 35.9 Å². The zero-order valence-corrected chi connectivity index (χ0v) is 10.5. The zero-order valence-electron chi connectivity index (χ0n) is 10.5. The molecule has 0 aliphatic carbocycles. The molecule has 102 valence electrons. The number of piperazine rings is 1. The van der Waals surface area contributed by atoms with Crippen molar-refractivity contribution in [1.29, 1.82) is 0 Å². The molecule has 1 saturated heterocycles. The average molecular weight is 263 g/mol. The van der Waals surface area contributed by atoms with Crippen molar-refractivity contribution < 1.29 is 14.3 Å². The summed E-state index contributed by atoms with van der Waals surface area (Å²) in [7, 11) is 0. The van der Waals surface area contributed by atoms with Crippen LogP contribution in [0.4, 0.5) is 4.79 Å². The van der Waals surface area contributed by atoms with E-state index in [0.717, 1.165) is 12.1 Å². The summed E-state index contributed by atoms with van der Waals surface area (Å²) in [6.07, 6.45) is -0.721. The molecule has 19 heavy (non-hydrogen) atoms. The van der Waals surface area contributed by atoms with Crippen molar-refractivity contribution in [1.82, 2.24) is 16.0 Å². The third kappa shape index (κ3) is 4.35. The maximum atomic E-state index is 11.7. The molecule has 1 aliphatic heterocycles. The molecule has 0 spiro atoms. The molecular weight excluding hydrogens is 246 g/mol. The molecule has 1 aromatic carbocycles. The molecular formula is C13H17N3O3. The average Bonchev–Trinajstić information content (AvgIpc) is 2.47. The third-order valence-corrected chi connectivity index (χ3v) is 2.80. The van der Waals surface area contributed by atoms with Crippen LogP contribution in [0.15, 0.2) is 30.3 Å². The molecule has 0 saturated carbocycles. The monoisotopic (exact) mass is 263 g/mol. The van der Waals surface area contributed by atoms with Gasteiger partial charge in [-0.25, -0.2) is 4.79 Å². The first-order valence-corrected chi connectivity index (χ1v) is 6.21. The third-order valence-electron chi connectivity index (χ3n) is 2.80. The molecule has 6 nitrogen and oxygen atoms in total. The lowest BCUT2D eigenvalue weighted by atomic mass is 10.2. The minimum Gasteiger partial charge on any atom is -0.444 e. The number of benzene rings is 1. The molecule has 1 aliphatic rings. The van der Waals surface area contributed by atoms with Gasteiger partial charge in [0.25, 0.3) is 0 Å². The molecule has 2 amide bonds. The van der Waals surface area contributed by atoms with E-state index in [1.807, 2.05) is 30.3 Å². The topological polar surface area (TPSA) is 79.5 Å². The minimum atomic E-state index is -0.721. The normalized spacial score (nSPS) is 18.6. The fraction of sp³-hybridized carbons (Fsp3) is 0.385. The summed E-state index contributed by atoms with van der Waals surface area (Å²) in [6.45, 7) is 2.19. The molecule has 1 atom stereocenters.